The van der Waals surface area contributed by atoms with Crippen LogP contribution in [0.25, 0.3) is 0 Å². The van der Waals surface area contributed by atoms with Crippen LogP contribution in [0.5, 0.6) is 0 Å². The SMILES string of the molecule is COC1(CNC2CCCN(C)C2)CCC1. The van der Waals surface area contributed by atoms with E-state index in [0.717, 1.165) is 6.54 Å². The third kappa shape index (κ3) is 2.71. The fourth-order valence-electron chi connectivity index (χ4n) is 2.69. The van der Waals surface area contributed by atoms with Gasteiger partial charge >= 0.3 is 0 Å². The number of piperidine rings is 1. The quantitative estimate of drug-likeness (QED) is 0.759. The van der Waals surface area contributed by atoms with Crippen molar-refractivity contribution < 1.29 is 4.74 Å². The van der Waals surface area contributed by atoms with Crippen LogP contribution in [-0.2, 0) is 4.74 Å². The van der Waals surface area contributed by atoms with Gasteiger partial charge in [0.15, 0.2) is 0 Å². The lowest BCUT2D eigenvalue weighted by molar-refractivity contribution is -0.0717. The molecule has 1 unspecified atom stereocenters. The molecule has 1 saturated carbocycles. The smallest absolute Gasteiger partial charge is 0.0802 e. The number of methoxy groups -OCH3 is 1. The van der Waals surface area contributed by atoms with Crippen LogP contribution in [0.2, 0.25) is 0 Å². The Morgan fingerprint density at radius 3 is 2.73 bits per heavy atom. The van der Waals surface area contributed by atoms with Crippen LogP contribution in [0, 0.1) is 0 Å². The van der Waals surface area contributed by atoms with Crippen molar-refractivity contribution in [2.45, 2.75) is 43.7 Å². The van der Waals surface area contributed by atoms with Crippen molar-refractivity contribution in [2.75, 3.05) is 33.8 Å². The highest BCUT2D eigenvalue weighted by Crippen LogP contribution is 2.34. The van der Waals surface area contributed by atoms with E-state index in [1.807, 2.05) is 7.11 Å². The largest absolute Gasteiger partial charge is 0.377 e. The topological polar surface area (TPSA) is 24.5 Å². The zero-order valence-corrected chi connectivity index (χ0v) is 10.1. The number of hydrogen-bond donors (Lipinski definition) is 1. The van der Waals surface area contributed by atoms with Crippen molar-refractivity contribution in [3.8, 4) is 0 Å². The Bertz CT molecular complexity index is 198. The van der Waals surface area contributed by atoms with Gasteiger partial charge in [-0.2, -0.15) is 0 Å². The molecule has 0 bridgehead atoms. The lowest BCUT2D eigenvalue weighted by Gasteiger charge is -2.42. The summed E-state index contributed by atoms with van der Waals surface area (Å²) in [6, 6.07) is 0.677. The van der Waals surface area contributed by atoms with Gasteiger partial charge in [0, 0.05) is 26.2 Å². The summed E-state index contributed by atoms with van der Waals surface area (Å²) in [5.74, 6) is 0. The summed E-state index contributed by atoms with van der Waals surface area (Å²) in [5.41, 5.74) is 0.177. The molecule has 2 fully saturated rings. The first kappa shape index (κ1) is 11.4. The van der Waals surface area contributed by atoms with Gasteiger partial charge in [0.05, 0.1) is 5.60 Å². The Balaban J connectivity index is 1.72. The number of nitrogens with one attached hydrogen (secondary N) is 1. The molecule has 2 rings (SSSR count). The maximum atomic E-state index is 5.62. The van der Waals surface area contributed by atoms with Gasteiger partial charge in [-0.1, -0.05) is 0 Å². The van der Waals surface area contributed by atoms with Crippen molar-refractivity contribution in [2.24, 2.45) is 0 Å². The molecule has 0 spiro atoms. The van der Waals surface area contributed by atoms with Crippen LogP contribution in [0.3, 0.4) is 0 Å². The minimum absolute atomic E-state index is 0.177. The predicted octanol–water partition coefficient (Wildman–Crippen LogP) is 1.24. The Morgan fingerprint density at radius 2 is 2.20 bits per heavy atom. The zero-order valence-electron chi connectivity index (χ0n) is 10.1. The number of nitrogens with zero attached hydrogens (tertiary/aromatic N) is 1. The molecule has 3 nitrogen and oxygen atoms in total. The molecule has 0 aromatic heterocycles. The van der Waals surface area contributed by atoms with Gasteiger partial charge in [-0.3, -0.25) is 0 Å². The van der Waals surface area contributed by atoms with Crippen LogP contribution in [0.4, 0.5) is 0 Å². The summed E-state index contributed by atoms with van der Waals surface area (Å²) in [4.78, 5) is 2.42. The first-order valence-electron chi connectivity index (χ1n) is 6.21. The molecule has 0 aromatic carbocycles. The highest BCUT2D eigenvalue weighted by Gasteiger charge is 2.37. The van der Waals surface area contributed by atoms with E-state index < -0.39 is 0 Å². The molecule has 1 atom stereocenters. The summed E-state index contributed by atoms with van der Waals surface area (Å²) < 4.78 is 5.62. The highest BCUT2D eigenvalue weighted by molar-refractivity contribution is 4.93. The molecule has 0 amide bonds. The van der Waals surface area contributed by atoms with Crippen molar-refractivity contribution >= 4 is 0 Å². The van der Waals surface area contributed by atoms with Gasteiger partial charge in [0.2, 0.25) is 0 Å². The Morgan fingerprint density at radius 1 is 1.40 bits per heavy atom. The number of hydrogen-bond acceptors (Lipinski definition) is 3. The summed E-state index contributed by atoms with van der Waals surface area (Å²) in [6.45, 7) is 3.50. The first-order valence-corrected chi connectivity index (χ1v) is 6.21. The predicted molar refractivity (Wildman–Crippen MR) is 62.1 cm³/mol. The molecule has 15 heavy (non-hydrogen) atoms. The van der Waals surface area contributed by atoms with E-state index in [1.165, 1.54) is 45.2 Å². The van der Waals surface area contributed by atoms with Gasteiger partial charge in [-0.25, -0.2) is 0 Å². The average Bonchev–Trinajstić information content (AvgIpc) is 2.17. The lowest BCUT2D eigenvalue weighted by atomic mass is 9.79. The number of rotatable bonds is 4. The van der Waals surface area contributed by atoms with Crippen LogP contribution < -0.4 is 5.32 Å². The number of likely N-dealkylation sites (N-methyl/N-ethyl adjacent to an activating group) is 1. The number of ether oxygens (including phenoxy) is 1. The molecule has 1 aliphatic carbocycles. The van der Waals surface area contributed by atoms with Crippen molar-refractivity contribution in [1.82, 2.24) is 10.2 Å². The molecule has 0 aromatic rings. The molecule has 88 valence electrons. The third-order valence-electron chi connectivity index (χ3n) is 4.04. The maximum absolute atomic E-state index is 5.62. The fraction of sp³-hybridized carbons (Fsp3) is 1.00. The molecule has 2 aliphatic rings. The van der Waals surface area contributed by atoms with E-state index in [4.69, 9.17) is 4.74 Å². The monoisotopic (exact) mass is 212 g/mol. The highest BCUT2D eigenvalue weighted by atomic mass is 16.5. The van der Waals surface area contributed by atoms with Gasteiger partial charge < -0.3 is 15.0 Å². The Labute approximate surface area is 93.2 Å². The molecule has 1 saturated heterocycles. The first-order chi connectivity index (χ1) is 7.24. The molecule has 0 radical (unpaired) electrons. The Kier molecular flexibility index (Phi) is 3.65. The fourth-order valence-corrected chi connectivity index (χ4v) is 2.69. The standard InChI is InChI=1S/C12H24N2O/c1-14-8-3-5-11(9-14)13-10-12(15-2)6-4-7-12/h11,13H,3-10H2,1-2H3. The van der Waals surface area contributed by atoms with Crippen molar-refractivity contribution in [3.05, 3.63) is 0 Å². The van der Waals surface area contributed by atoms with Crippen LogP contribution in [0.1, 0.15) is 32.1 Å². The molecule has 1 aliphatic heterocycles. The summed E-state index contributed by atoms with van der Waals surface area (Å²) in [5, 5.41) is 3.68. The summed E-state index contributed by atoms with van der Waals surface area (Å²) >= 11 is 0. The maximum Gasteiger partial charge on any atom is 0.0802 e. The minimum Gasteiger partial charge on any atom is -0.377 e. The lowest BCUT2D eigenvalue weighted by Crippen LogP contribution is -2.53. The van der Waals surface area contributed by atoms with Crippen LogP contribution in [0.15, 0.2) is 0 Å². The van der Waals surface area contributed by atoms with Crippen molar-refractivity contribution in [1.29, 1.82) is 0 Å². The second-order valence-corrected chi connectivity index (χ2v) is 5.22. The summed E-state index contributed by atoms with van der Waals surface area (Å²) in [7, 11) is 4.07. The van der Waals surface area contributed by atoms with E-state index in [2.05, 4.69) is 17.3 Å². The van der Waals surface area contributed by atoms with Gasteiger partial charge in [-0.05, 0) is 45.7 Å². The normalized spacial score (nSPS) is 31.2. The second-order valence-electron chi connectivity index (χ2n) is 5.22. The molecular weight excluding hydrogens is 188 g/mol. The second kappa shape index (κ2) is 4.81. The van der Waals surface area contributed by atoms with Gasteiger partial charge in [-0.15, -0.1) is 0 Å². The van der Waals surface area contributed by atoms with E-state index in [9.17, 15) is 0 Å². The summed E-state index contributed by atoms with van der Waals surface area (Å²) in [6.07, 6.45) is 6.45. The average molecular weight is 212 g/mol. The zero-order chi connectivity index (χ0) is 10.7. The van der Waals surface area contributed by atoms with E-state index in [1.54, 1.807) is 0 Å². The minimum atomic E-state index is 0.177. The molecule has 1 N–H and O–H groups in total. The van der Waals surface area contributed by atoms with E-state index in [-0.39, 0.29) is 5.60 Å². The molecule has 1 heterocycles. The number of likely N-dealkylation sites (tertiary alicyclic amines) is 1. The van der Waals surface area contributed by atoms with Crippen LogP contribution in [-0.4, -0.2) is 50.3 Å². The molecular formula is C12H24N2O. The third-order valence-corrected chi connectivity index (χ3v) is 4.04. The van der Waals surface area contributed by atoms with Gasteiger partial charge in [0.1, 0.15) is 0 Å². The molecule has 3 heteroatoms. The van der Waals surface area contributed by atoms with Gasteiger partial charge in [0.25, 0.3) is 0 Å². The Hall–Kier alpha value is -0.120. The van der Waals surface area contributed by atoms with Crippen molar-refractivity contribution in [3.63, 3.8) is 0 Å². The van der Waals surface area contributed by atoms with E-state index >= 15 is 0 Å². The van der Waals surface area contributed by atoms with E-state index in [0.29, 0.717) is 6.04 Å². The van der Waals surface area contributed by atoms with Crippen LogP contribution >= 0.6 is 0 Å².